The molecule has 0 aliphatic carbocycles. The minimum absolute atomic E-state index is 0.167. The van der Waals surface area contributed by atoms with E-state index in [9.17, 15) is 9.59 Å². The highest BCUT2D eigenvalue weighted by Gasteiger charge is 2.54. The molecule has 1 saturated heterocycles. The maximum Gasteiger partial charge on any atom is 0.325 e. The van der Waals surface area contributed by atoms with Gasteiger partial charge in [-0.1, -0.05) is 34.1 Å². The van der Waals surface area contributed by atoms with Crippen molar-refractivity contribution < 1.29 is 14.3 Å². The van der Waals surface area contributed by atoms with E-state index in [4.69, 9.17) is 4.74 Å². The van der Waals surface area contributed by atoms with E-state index in [-0.39, 0.29) is 11.9 Å². The third kappa shape index (κ3) is 1.90. The number of ether oxygens (including phenoxy) is 1. The number of amides is 3. The van der Waals surface area contributed by atoms with Crippen LogP contribution in [0.2, 0.25) is 0 Å². The lowest BCUT2D eigenvalue weighted by atomic mass is 9.84. The maximum absolute atomic E-state index is 12.7. The first kappa shape index (κ1) is 13.4. The Kier molecular flexibility index (Phi) is 3.41. The van der Waals surface area contributed by atoms with Gasteiger partial charge in [-0.05, 0) is 12.5 Å². The molecule has 0 saturated carbocycles. The first-order valence-corrected chi connectivity index (χ1v) is 7.73. The monoisotopic (exact) mass is 338 g/mol. The molecule has 1 unspecified atom stereocenters. The van der Waals surface area contributed by atoms with Crippen LogP contribution in [-0.2, 0) is 10.3 Å². The standard InChI is InChI=1S/C14H15BrN2O3/c15-7-3-8-17-12(18)14(16-13(17)19)6-9-20-11-5-2-1-4-10(11)14/h1-2,4-5H,3,6-9H2,(H,16,19). The highest BCUT2D eigenvalue weighted by Crippen LogP contribution is 2.40. The van der Waals surface area contributed by atoms with Gasteiger partial charge in [-0.25, -0.2) is 4.79 Å². The van der Waals surface area contributed by atoms with Crippen LogP contribution in [0.25, 0.3) is 0 Å². The summed E-state index contributed by atoms with van der Waals surface area (Å²) in [5.41, 5.74) is -0.191. The fourth-order valence-corrected chi connectivity index (χ4v) is 3.04. The Labute approximate surface area is 125 Å². The quantitative estimate of drug-likeness (QED) is 0.677. The number of alkyl halides is 1. The SMILES string of the molecule is O=C1NC2(CCOc3ccccc32)C(=O)N1CCCBr. The molecule has 3 amide bonds. The van der Waals surface area contributed by atoms with Gasteiger partial charge in [0.2, 0.25) is 0 Å². The first-order valence-electron chi connectivity index (χ1n) is 6.61. The van der Waals surface area contributed by atoms with Crippen molar-refractivity contribution >= 4 is 27.9 Å². The zero-order valence-corrected chi connectivity index (χ0v) is 12.5. The molecule has 1 spiro atoms. The van der Waals surface area contributed by atoms with Gasteiger partial charge in [-0.3, -0.25) is 9.69 Å². The fourth-order valence-electron chi connectivity index (χ4n) is 2.79. The second-order valence-corrected chi connectivity index (χ2v) is 5.72. The number of urea groups is 1. The Morgan fingerprint density at radius 1 is 1.35 bits per heavy atom. The van der Waals surface area contributed by atoms with E-state index in [0.717, 1.165) is 17.3 Å². The van der Waals surface area contributed by atoms with Crippen LogP contribution in [0, 0.1) is 0 Å². The molecule has 106 valence electrons. The Balaban J connectivity index is 1.98. The number of imide groups is 1. The fraction of sp³-hybridized carbons (Fsp3) is 0.429. The smallest absolute Gasteiger partial charge is 0.325 e. The summed E-state index contributed by atoms with van der Waals surface area (Å²) in [5, 5.41) is 3.64. The summed E-state index contributed by atoms with van der Waals surface area (Å²) in [6, 6.07) is 7.09. The molecule has 1 aromatic rings. The second-order valence-electron chi connectivity index (χ2n) is 4.93. The van der Waals surface area contributed by atoms with Gasteiger partial charge in [0.1, 0.15) is 5.75 Å². The van der Waals surface area contributed by atoms with E-state index >= 15 is 0 Å². The van der Waals surface area contributed by atoms with Crippen LogP contribution >= 0.6 is 15.9 Å². The summed E-state index contributed by atoms with van der Waals surface area (Å²) in [5.74, 6) is 0.508. The lowest BCUT2D eigenvalue weighted by Gasteiger charge is -2.33. The second kappa shape index (κ2) is 5.09. The number of nitrogens with one attached hydrogen (secondary N) is 1. The minimum Gasteiger partial charge on any atom is -0.493 e. The predicted octanol–water partition coefficient (Wildman–Crippen LogP) is 2.00. The zero-order chi connectivity index (χ0) is 14.2. The van der Waals surface area contributed by atoms with Crippen molar-refractivity contribution in [1.82, 2.24) is 10.2 Å². The van der Waals surface area contributed by atoms with Gasteiger partial charge in [0.05, 0.1) is 6.61 Å². The zero-order valence-electron chi connectivity index (χ0n) is 10.9. The van der Waals surface area contributed by atoms with Crippen molar-refractivity contribution in [2.45, 2.75) is 18.4 Å². The molecule has 5 nitrogen and oxygen atoms in total. The van der Waals surface area contributed by atoms with Crippen molar-refractivity contribution in [3.8, 4) is 5.75 Å². The van der Waals surface area contributed by atoms with Gasteiger partial charge >= 0.3 is 6.03 Å². The number of para-hydroxylation sites is 1. The van der Waals surface area contributed by atoms with Gasteiger partial charge in [0.15, 0.2) is 5.54 Å². The first-order chi connectivity index (χ1) is 9.69. The van der Waals surface area contributed by atoms with E-state index in [0.29, 0.717) is 25.3 Å². The van der Waals surface area contributed by atoms with E-state index < -0.39 is 5.54 Å². The molecule has 1 N–H and O–H groups in total. The number of nitrogens with zero attached hydrogens (tertiary/aromatic N) is 1. The number of halogens is 1. The summed E-state index contributed by atoms with van der Waals surface area (Å²) in [7, 11) is 0. The summed E-state index contributed by atoms with van der Waals surface area (Å²) in [6.45, 7) is 0.857. The molecule has 0 aromatic heterocycles. The van der Waals surface area contributed by atoms with Crippen molar-refractivity contribution in [3.05, 3.63) is 29.8 Å². The summed E-state index contributed by atoms with van der Waals surface area (Å²) < 4.78 is 5.58. The molecule has 6 heteroatoms. The topological polar surface area (TPSA) is 58.6 Å². The third-order valence-electron chi connectivity index (χ3n) is 3.77. The van der Waals surface area contributed by atoms with Gasteiger partial charge in [-0.15, -0.1) is 0 Å². The van der Waals surface area contributed by atoms with Crippen LogP contribution in [-0.4, -0.2) is 35.3 Å². The molecule has 1 fully saturated rings. The van der Waals surface area contributed by atoms with Crippen LogP contribution in [0.3, 0.4) is 0 Å². The van der Waals surface area contributed by atoms with Crippen LogP contribution in [0.5, 0.6) is 5.75 Å². The van der Waals surface area contributed by atoms with Gasteiger partial charge in [0, 0.05) is 23.9 Å². The number of fused-ring (bicyclic) bond motifs is 2. The lowest BCUT2D eigenvalue weighted by Crippen LogP contribution is -2.47. The number of carbonyl (C=O) groups is 2. The Morgan fingerprint density at radius 3 is 2.95 bits per heavy atom. The summed E-state index contributed by atoms with van der Waals surface area (Å²) >= 11 is 3.32. The van der Waals surface area contributed by atoms with E-state index in [1.165, 1.54) is 4.90 Å². The molecule has 0 bridgehead atoms. The number of benzene rings is 1. The number of hydrogen-bond acceptors (Lipinski definition) is 3. The summed E-state index contributed by atoms with van der Waals surface area (Å²) in [4.78, 5) is 26.2. The molecule has 1 atom stereocenters. The summed E-state index contributed by atoms with van der Waals surface area (Å²) in [6.07, 6.45) is 1.22. The number of rotatable bonds is 3. The third-order valence-corrected chi connectivity index (χ3v) is 4.33. The Morgan fingerprint density at radius 2 is 2.15 bits per heavy atom. The predicted molar refractivity (Wildman–Crippen MR) is 76.9 cm³/mol. The van der Waals surface area contributed by atoms with Gasteiger partial charge in [-0.2, -0.15) is 0 Å². The van der Waals surface area contributed by atoms with Crippen LogP contribution < -0.4 is 10.1 Å². The molecule has 2 aliphatic rings. The molecular weight excluding hydrogens is 324 g/mol. The van der Waals surface area contributed by atoms with Crippen LogP contribution in [0.1, 0.15) is 18.4 Å². The lowest BCUT2D eigenvalue weighted by molar-refractivity contribution is -0.132. The van der Waals surface area contributed by atoms with Crippen molar-refractivity contribution in [2.24, 2.45) is 0 Å². The van der Waals surface area contributed by atoms with E-state index in [2.05, 4.69) is 21.2 Å². The molecule has 1 aromatic carbocycles. The van der Waals surface area contributed by atoms with Crippen molar-refractivity contribution in [1.29, 1.82) is 0 Å². The van der Waals surface area contributed by atoms with E-state index in [1.807, 2.05) is 24.3 Å². The molecule has 2 aliphatic heterocycles. The highest BCUT2D eigenvalue weighted by atomic mass is 79.9. The van der Waals surface area contributed by atoms with E-state index in [1.54, 1.807) is 0 Å². The van der Waals surface area contributed by atoms with Crippen LogP contribution in [0.15, 0.2) is 24.3 Å². The Hall–Kier alpha value is -1.56. The molecule has 0 radical (unpaired) electrons. The highest BCUT2D eigenvalue weighted by molar-refractivity contribution is 9.09. The minimum atomic E-state index is -0.946. The maximum atomic E-state index is 12.7. The number of carbonyl (C=O) groups excluding carboxylic acids is 2. The average molecular weight is 339 g/mol. The van der Waals surface area contributed by atoms with Crippen molar-refractivity contribution in [3.63, 3.8) is 0 Å². The normalized spacial score (nSPS) is 24.6. The number of hydrogen-bond donors (Lipinski definition) is 1. The molecule has 3 rings (SSSR count). The average Bonchev–Trinajstić information content (AvgIpc) is 2.69. The van der Waals surface area contributed by atoms with Gasteiger partial charge < -0.3 is 10.1 Å². The molecular formula is C14H15BrN2O3. The Bertz CT molecular complexity index is 563. The molecule has 2 heterocycles. The van der Waals surface area contributed by atoms with Gasteiger partial charge in [0.25, 0.3) is 5.91 Å². The largest absolute Gasteiger partial charge is 0.493 e. The molecule has 20 heavy (non-hydrogen) atoms. The van der Waals surface area contributed by atoms with Crippen LogP contribution in [0.4, 0.5) is 4.79 Å². The van der Waals surface area contributed by atoms with Crippen molar-refractivity contribution in [2.75, 3.05) is 18.5 Å².